The first-order valence-electron chi connectivity index (χ1n) is 9.22. The molecule has 0 aliphatic rings. The van der Waals surface area contributed by atoms with Crippen LogP contribution >= 0.6 is 11.6 Å². The lowest BCUT2D eigenvalue weighted by Crippen LogP contribution is -2.38. The number of benzene rings is 3. The lowest BCUT2D eigenvalue weighted by Gasteiger charge is -2.26. The van der Waals surface area contributed by atoms with Crippen LogP contribution in [0.5, 0.6) is 0 Å². The van der Waals surface area contributed by atoms with Crippen LogP contribution in [-0.2, 0) is 16.6 Å². The molecule has 0 amide bonds. The number of hydrogen-bond donors (Lipinski definition) is 1. The van der Waals surface area contributed by atoms with Crippen LogP contribution in [0.4, 0.5) is 5.69 Å². The van der Waals surface area contributed by atoms with Crippen LogP contribution in [0.3, 0.4) is 0 Å². The second kappa shape index (κ2) is 7.71. The summed E-state index contributed by atoms with van der Waals surface area (Å²) in [6.45, 7) is 0.195. The van der Waals surface area contributed by atoms with E-state index in [-0.39, 0.29) is 13.1 Å². The Labute approximate surface area is 174 Å². The molecule has 4 aromatic rings. The van der Waals surface area contributed by atoms with E-state index in [2.05, 4.69) is 12.1 Å². The topological polar surface area (TPSA) is 62.5 Å². The molecule has 4 rings (SSSR count). The predicted molar refractivity (Wildman–Crippen MR) is 119 cm³/mol. The van der Waals surface area contributed by atoms with Crippen molar-refractivity contribution in [1.29, 1.82) is 0 Å². The molecule has 29 heavy (non-hydrogen) atoms. The maximum absolute atomic E-state index is 12.4. The number of nitrogens with zero attached hydrogens (tertiary/aromatic N) is 2. The Kier molecular flexibility index (Phi) is 5.25. The van der Waals surface area contributed by atoms with E-state index >= 15 is 0 Å². The summed E-state index contributed by atoms with van der Waals surface area (Å²) in [7, 11) is -3.59. The Hall–Kier alpha value is -2.54. The number of rotatable bonds is 6. The van der Waals surface area contributed by atoms with Gasteiger partial charge in [-0.25, -0.2) is 8.42 Å². The van der Waals surface area contributed by atoms with E-state index in [9.17, 15) is 13.5 Å². The number of sulfonamides is 1. The second-order valence-electron chi connectivity index (χ2n) is 7.07. The normalized spacial score (nSPS) is 13.1. The Morgan fingerprint density at radius 2 is 1.55 bits per heavy atom. The summed E-state index contributed by atoms with van der Waals surface area (Å²) in [6, 6.07) is 22.6. The Morgan fingerprint density at radius 3 is 2.10 bits per heavy atom. The van der Waals surface area contributed by atoms with Gasteiger partial charge < -0.3 is 9.67 Å². The number of halogens is 1. The van der Waals surface area contributed by atoms with Crippen molar-refractivity contribution in [3.8, 4) is 0 Å². The smallest absolute Gasteiger partial charge is 0.232 e. The van der Waals surface area contributed by atoms with Crippen molar-refractivity contribution >= 4 is 49.1 Å². The van der Waals surface area contributed by atoms with Crippen LogP contribution in [0.1, 0.15) is 0 Å². The van der Waals surface area contributed by atoms with Crippen molar-refractivity contribution in [2.24, 2.45) is 0 Å². The van der Waals surface area contributed by atoms with Crippen molar-refractivity contribution in [2.45, 2.75) is 12.6 Å². The zero-order chi connectivity index (χ0) is 20.6. The zero-order valence-electron chi connectivity index (χ0n) is 15.9. The Balaban J connectivity index is 1.69. The molecule has 3 aromatic carbocycles. The average molecular weight is 429 g/mol. The fourth-order valence-corrected chi connectivity index (χ4v) is 4.85. The maximum atomic E-state index is 12.4. The summed E-state index contributed by atoms with van der Waals surface area (Å²) in [5.41, 5.74) is 2.43. The molecule has 1 aromatic heterocycles. The van der Waals surface area contributed by atoms with Crippen molar-refractivity contribution in [3.63, 3.8) is 0 Å². The molecule has 0 fully saturated rings. The van der Waals surface area contributed by atoms with E-state index < -0.39 is 16.1 Å². The molecule has 0 aliphatic carbocycles. The quantitative estimate of drug-likeness (QED) is 0.498. The molecule has 0 aliphatic heterocycles. The highest BCUT2D eigenvalue weighted by molar-refractivity contribution is 7.92. The van der Waals surface area contributed by atoms with E-state index in [4.69, 9.17) is 11.6 Å². The first kappa shape index (κ1) is 19.8. The summed E-state index contributed by atoms with van der Waals surface area (Å²) >= 11 is 6.03. The first-order chi connectivity index (χ1) is 13.8. The van der Waals surface area contributed by atoms with Gasteiger partial charge in [0.25, 0.3) is 0 Å². The van der Waals surface area contributed by atoms with E-state index in [1.165, 1.54) is 4.31 Å². The lowest BCUT2D eigenvalue weighted by atomic mass is 10.2. The number of aromatic nitrogens is 1. The Bertz CT molecular complexity index is 1230. The highest BCUT2D eigenvalue weighted by atomic mass is 35.5. The minimum Gasteiger partial charge on any atom is -0.389 e. The molecule has 1 heterocycles. The van der Waals surface area contributed by atoms with Crippen molar-refractivity contribution in [3.05, 3.63) is 77.8 Å². The van der Waals surface area contributed by atoms with E-state index in [1.54, 1.807) is 24.3 Å². The van der Waals surface area contributed by atoms with Gasteiger partial charge in [0, 0.05) is 26.8 Å². The molecule has 7 heteroatoms. The molecule has 0 spiro atoms. The molecular weight excluding hydrogens is 408 g/mol. The highest BCUT2D eigenvalue weighted by Crippen LogP contribution is 2.29. The largest absolute Gasteiger partial charge is 0.389 e. The van der Waals surface area contributed by atoms with Gasteiger partial charge in [-0.15, -0.1) is 0 Å². The van der Waals surface area contributed by atoms with Crippen LogP contribution in [0.2, 0.25) is 5.02 Å². The van der Waals surface area contributed by atoms with Gasteiger partial charge in [-0.1, -0.05) is 54.1 Å². The summed E-state index contributed by atoms with van der Waals surface area (Å²) in [5.74, 6) is 0. The van der Waals surface area contributed by atoms with Crippen LogP contribution in [0, 0.1) is 0 Å². The fourth-order valence-electron chi connectivity index (χ4n) is 3.72. The average Bonchev–Trinajstić information content (AvgIpc) is 2.99. The van der Waals surface area contributed by atoms with Crippen LogP contribution in [-0.4, -0.2) is 37.0 Å². The van der Waals surface area contributed by atoms with E-state index in [1.807, 2.05) is 41.0 Å². The van der Waals surface area contributed by atoms with Gasteiger partial charge in [0.1, 0.15) is 0 Å². The van der Waals surface area contributed by atoms with Gasteiger partial charge >= 0.3 is 0 Å². The number of anilines is 1. The molecule has 0 radical (unpaired) electrons. The van der Waals surface area contributed by atoms with E-state index in [0.29, 0.717) is 10.7 Å². The fraction of sp³-hybridized carbons (Fsp3) is 0.182. The van der Waals surface area contributed by atoms with Gasteiger partial charge in [0.2, 0.25) is 10.0 Å². The summed E-state index contributed by atoms with van der Waals surface area (Å²) < 4.78 is 28.0. The van der Waals surface area contributed by atoms with Crippen LogP contribution in [0.25, 0.3) is 21.8 Å². The zero-order valence-corrected chi connectivity index (χ0v) is 17.4. The Morgan fingerprint density at radius 1 is 0.966 bits per heavy atom. The first-order valence-corrected chi connectivity index (χ1v) is 11.4. The minimum atomic E-state index is -3.59. The third-order valence-corrected chi connectivity index (χ3v) is 6.34. The molecule has 0 saturated carbocycles. The van der Waals surface area contributed by atoms with Crippen molar-refractivity contribution < 1.29 is 13.5 Å². The highest BCUT2D eigenvalue weighted by Gasteiger charge is 2.22. The van der Waals surface area contributed by atoms with Gasteiger partial charge in [0.15, 0.2) is 0 Å². The third kappa shape index (κ3) is 3.96. The predicted octanol–water partition coefficient (Wildman–Crippen LogP) is 4.28. The van der Waals surface area contributed by atoms with Gasteiger partial charge in [-0.3, -0.25) is 4.31 Å². The molecule has 5 nitrogen and oxygen atoms in total. The SMILES string of the molecule is CS(=O)(=O)N(CC(O)Cn1c2ccccc2c2ccccc21)c1cccc(Cl)c1. The second-order valence-corrected chi connectivity index (χ2v) is 9.42. The standard InChI is InChI=1S/C22H21ClN2O3S/c1-29(27,28)25(17-8-6-7-16(23)13-17)15-18(26)14-24-21-11-4-2-9-19(21)20-10-3-5-12-22(20)24/h2-13,18,26H,14-15H2,1H3. The monoisotopic (exact) mass is 428 g/mol. The number of hydrogen-bond acceptors (Lipinski definition) is 3. The molecule has 1 N–H and O–H groups in total. The third-order valence-electron chi connectivity index (χ3n) is 4.95. The summed E-state index contributed by atoms with van der Waals surface area (Å²) in [6.07, 6.45) is 0.212. The molecule has 0 bridgehead atoms. The van der Waals surface area contributed by atoms with E-state index in [0.717, 1.165) is 28.1 Å². The van der Waals surface area contributed by atoms with Gasteiger partial charge in [0.05, 0.1) is 31.1 Å². The number of para-hydroxylation sites is 2. The summed E-state index contributed by atoms with van der Waals surface area (Å²) in [4.78, 5) is 0. The number of fused-ring (bicyclic) bond motifs is 3. The number of aliphatic hydroxyl groups is 1. The van der Waals surface area contributed by atoms with Gasteiger partial charge in [-0.2, -0.15) is 0 Å². The van der Waals surface area contributed by atoms with Crippen LogP contribution in [0.15, 0.2) is 72.8 Å². The van der Waals surface area contributed by atoms with Gasteiger partial charge in [-0.05, 0) is 30.3 Å². The molecule has 1 atom stereocenters. The minimum absolute atomic E-state index is 0.0694. The molecule has 0 saturated heterocycles. The molecular formula is C22H21ClN2O3S. The number of aliphatic hydroxyl groups excluding tert-OH is 1. The van der Waals surface area contributed by atoms with Crippen molar-refractivity contribution in [1.82, 2.24) is 4.57 Å². The van der Waals surface area contributed by atoms with Crippen molar-refractivity contribution in [2.75, 3.05) is 17.1 Å². The lowest BCUT2D eigenvalue weighted by molar-refractivity contribution is 0.166. The summed E-state index contributed by atoms with van der Waals surface area (Å²) in [5, 5.41) is 13.5. The van der Waals surface area contributed by atoms with Crippen LogP contribution < -0.4 is 4.31 Å². The maximum Gasteiger partial charge on any atom is 0.232 e. The molecule has 150 valence electrons. The molecule has 1 unspecified atom stereocenters.